The molecule has 2 N–H and O–H groups in total. The maximum Gasteiger partial charge on any atom is 0.323 e. The van der Waals surface area contributed by atoms with Crippen LogP contribution in [-0.2, 0) is 6.42 Å². The molecule has 1 aliphatic heterocycles. The van der Waals surface area contributed by atoms with Gasteiger partial charge in [0.1, 0.15) is 17.4 Å². The molecule has 1 fully saturated rings. The molecule has 0 spiro atoms. The smallest absolute Gasteiger partial charge is 0.323 e. The van der Waals surface area contributed by atoms with Gasteiger partial charge in [0.15, 0.2) is 0 Å². The quantitative estimate of drug-likeness (QED) is 0.346. The molecule has 0 saturated carbocycles. The van der Waals surface area contributed by atoms with Gasteiger partial charge >= 0.3 is 5.69 Å². The second-order valence-corrected chi connectivity index (χ2v) is 9.18. The number of benzene rings is 4. The van der Waals surface area contributed by atoms with E-state index in [0.717, 1.165) is 41.9 Å². The lowest BCUT2D eigenvalue weighted by Gasteiger charge is -2.44. The maximum atomic E-state index is 12.1. The zero-order valence-electron chi connectivity index (χ0n) is 19.4. The van der Waals surface area contributed by atoms with Crippen molar-refractivity contribution in [2.45, 2.75) is 18.6 Å². The summed E-state index contributed by atoms with van der Waals surface area (Å²) in [5.74, 6) is 0.729. The zero-order valence-corrected chi connectivity index (χ0v) is 19.4. The van der Waals surface area contributed by atoms with E-state index in [9.17, 15) is 4.79 Å². The van der Waals surface area contributed by atoms with Crippen molar-refractivity contribution < 1.29 is 4.74 Å². The van der Waals surface area contributed by atoms with Gasteiger partial charge in [-0.05, 0) is 40.8 Å². The number of H-pyrrole nitrogens is 2. The minimum atomic E-state index is -0.217. The fourth-order valence-corrected chi connectivity index (χ4v) is 5.01. The SMILES string of the molecule is O=c1[nH]c2cc(Cc3ccccc3)cc(OC3CN(C(c4ccccc4)c4ccccc4)C3)c2[nH]1. The van der Waals surface area contributed by atoms with Crippen molar-refractivity contribution in [2.24, 2.45) is 0 Å². The molecule has 6 rings (SSSR count). The molecule has 0 amide bonds. The molecule has 5 heteroatoms. The molecule has 0 atom stereocenters. The first-order chi connectivity index (χ1) is 17.2. The summed E-state index contributed by atoms with van der Waals surface area (Å²) in [6.45, 7) is 1.63. The van der Waals surface area contributed by atoms with Gasteiger partial charge in [-0.3, -0.25) is 4.90 Å². The van der Waals surface area contributed by atoms with E-state index in [1.165, 1.54) is 16.7 Å². The standard InChI is InChI=1S/C30H27N3O2/c34-30-31-26-17-22(16-21-10-4-1-5-11-21)18-27(28(26)32-30)35-25-19-33(20-25)29(23-12-6-2-7-13-23)24-14-8-3-9-15-24/h1-15,17-18,25,29H,16,19-20H2,(H2,31,32,34). The lowest BCUT2D eigenvalue weighted by molar-refractivity contribution is 0.000999. The van der Waals surface area contributed by atoms with Gasteiger partial charge in [-0.25, -0.2) is 4.79 Å². The Labute approximate surface area is 204 Å². The van der Waals surface area contributed by atoms with Crippen LogP contribution in [0.4, 0.5) is 0 Å². The van der Waals surface area contributed by atoms with Crippen LogP contribution in [0.2, 0.25) is 0 Å². The lowest BCUT2D eigenvalue weighted by atomic mass is 9.94. The Morgan fingerprint density at radius 3 is 2.00 bits per heavy atom. The monoisotopic (exact) mass is 461 g/mol. The highest BCUT2D eigenvalue weighted by Gasteiger charge is 2.35. The van der Waals surface area contributed by atoms with Crippen LogP contribution in [0.15, 0.2) is 108 Å². The predicted octanol–water partition coefficient (Wildman–Crippen LogP) is 5.30. The zero-order chi connectivity index (χ0) is 23.6. The van der Waals surface area contributed by atoms with E-state index < -0.39 is 0 Å². The number of aromatic nitrogens is 2. The number of aromatic amines is 2. The Morgan fingerprint density at radius 1 is 0.771 bits per heavy atom. The summed E-state index contributed by atoms with van der Waals surface area (Å²) < 4.78 is 6.48. The van der Waals surface area contributed by atoms with Crippen LogP contribution >= 0.6 is 0 Å². The van der Waals surface area contributed by atoms with Crippen molar-refractivity contribution >= 4 is 11.0 Å². The molecule has 5 nitrogen and oxygen atoms in total. The Morgan fingerprint density at radius 2 is 1.37 bits per heavy atom. The summed E-state index contributed by atoms with van der Waals surface area (Å²) in [5.41, 5.74) is 6.17. The van der Waals surface area contributed by atoms with E-state index in [1.807, 2.05) is 24.3 Å². The van der Waals surface area contributed by atoms with Gasteiger partial charge in [0, 0.05) is 13.1 Å². The van der Waals surface area contributed by atoms with Crippen molar-refractivity contribution in [3.63, 3.8) is 0 Å². The number of nitrogens with one attached hydrogen (secondary N) is 2. The average Bonchev–Trinajstić information content (AvgIpc) is 3.25. The summed E-state index contributed by atoms with van der Waals surface area (Å²) in [6, 6.07) is 35.8. The topological polar surface area (TPSA) is 61.1 Å². The number of rotatable bonds is 7. The molecule has 2 heterocycles. The van der Waals surface area contributed by atoms with Gasteiger partial charge in [-0.1, -0.05) is 91.0 Å². The number of likely N-dealkylation sites (tertiary alicyclic amines) is 1. The van der Waals surface area contributed by atoms with E-state index in [1.54, 1.807) is 0 Å². The van der Waals surface area contributed by atoms with E-state index in [0.29, 0.717) is 0 Å². The molecule has 1 saturated heterocycles. The highest BCUT2D eigenvalue weighted by molar-refractivity contribution is 5.82. The summed E-state index contributed by atoms with van der Waals surface area (Å²) in [6.07, 6.45) is 0.833. The van der Waals surface area contributed by atoms with E-state index in [2.05, 4.69) is 93.7 Å². The molecule has 4 aromatic carbocycles. The summed E-state index contributed by atoms with van der Waals surface area (Å²) in [5, 5.41) is 0. The van der Waals surface area contributed by atoms with Crippen LogP contribution in [0.3, 0.4) is 0 Å². The number of hydrogen-bond donors (Lipinski definition) is 2. The molecule has 35 heavy (non-hydrogen) atoms. The Hall–Kier alpha value is -4.09. The van der Waals surface area contributed by atoms with Crippen molar-refractivity contribution in [1.29, 1.82) is 0 Å². The number of nitrogens with zero attached hydrogens (tertiary/aromatic N) is 1. The number of ether oxygens (including phenoxy) is 1. The predicted molar refractivity (Wildman–Crippen MR) is 139 cm³/mol. The van der Waals surface area contributed by atoms with E-state index in [4.69, 9.17) is 4.74 Å². The number of hydrogen-bond acceptors (Lipinski definition) is 3. The van der Waals surface area contributed by atoms with Crippen molar-refractivity contribution in [3.8, 4) is 5.75 Å². The summed E-state index contributed by atoms with van der Waals surface area (Å²) in [7, 11) is 0. The maximum absolute atomic E-state index is 12.1. The fraction of sp³-hybridized carbons (Fsp3) is 0.167. The third-order valence-electron chi connectivity index (χ3n) is 6.67. The first kappa shape index (κ1) is 21.4. The van der Waals surface area contributed by atoms with Crippen molar-refractivity contribution in [3.05, 3.63) is 136 Å². The van der Waals surface area contributed by atoms with Crippen LogP contribution in [-0.4, -0.2) is 34.1 Å². The highest BCUT2D eigenvalue weighted by atomic mass is 16.5. The summed E-state index contributed by atoms with van der Waals surface area (Å²) in [4.78, 5) is 20.3. The molecular formula is C30H27N3O2. The largest absolute Gasteiger partial charge is 0.485 e. The van der Waals surface area contributed by atoms with Crippen LogP contribution in [0, 0.1) is 0 Å². The first-order valence-electron chi connectivity index (χ1n) is 12.0. The van der Waals surface area contributed by atoms with E-state index >= 15 is 0 Å². The number of fused-ring (bicyclic) bond motifs is 1. The van der Waals surface area contributed by atoms with Gasteiger partial charge in [0.05, 0.1) is 11.6 Å². The third kappa shape index (κ3) is 4.51. The molecule has 0 unspecified atom stereocenters. The molecular weight excluding hydrogens is 434 g/mol. The highest BCUT2D eigenvalue weighted by Crippen LogP contribution is 2.34. The minimum Gasteiger partial charge on any atom is -0.485 e. The average molecular weight is 462 g/mol. The van der Waals surface area contributed by atoms with E-state index in [-0.39, 0.29) is 17.8 Å². The van der Waals surface area contributed by atoms with Gasteiger partial charge < -0.3 is 14.7 Å². The molecule has 0 aliphatic carbocycles. The van der Waals surface area contributed by atoms with Gasteiger partial charge in [0.2, 0.25) is 0 Å². The lowest BCUT2D eigenvalue weighted by Crippen LogP contribution is -2.55. The van der Waals surface area contributed by atoms with Crippen LogP contribution in [0.1, 0.15) is 28.3 Å². The Bertz CT molecular complexity index is 1430. The van der Waals surface area contributed by atoms with Gasteiger partial charge in [0.25, 0.3) is 0 Å². The molecule has 0 radical (unpaired) electrons. The second kappa shape index (κ2) is 9.28. The Kier molecular flexibility index (Phi) is 5.68. The minimum absolute atomic E-state index is 0.0542. The molecule has 0 bridgehead atoms. The van der Waals surface area contributed by atoms with Crippen molar-refractivity contribution in [2.75, 3.05) is 13.1 Å². The van der Waals surface area contributed by atoms with Gasteiger partial charge in [-0.15, -0.1) is 0 Å². The van der Waals surface area contributed by atoms with Crippen LogP contribution in [0.5, 0.6) is 5.75 Å². The second-order valence-electron chi connectivity index (χ2n) is 9.18. The fourth-order valence-electron chi connectivity index (χ4n) is 5.01. The Balaban J connectivity index is 1.24. The molecule has 1 aromatic heterocycles. The number of imidazole rings is 1. The van der Waals surface area contributed by atoms with Gasteiger partial charge in [-0.2, -0.15) is 0 Å². The van der Waals surface area contributed by atoms with Crippen LogP contribution in [0.25, 0.3) is 11.0 Å². The van der Waals surface area contributed by atoms with Crippen LogP contribution < -0.4 is 10.4 Å². The molecule has 5 aromatic rings. The first-order valence-corrected chi connectivity index (χ1v) is 12.0. The summed E-state index contributed by atoms with van der Waals surface area (Å²) >= 11 is 0. The third-order valence-corrected chi connectivity index (χ3v) is 6.67. The normalized spacial score (nSPS) is 14.3. The molecule has 174 valence electrons. The molecule has 1 aliphatic rings. The van der Waals surface area contributed by atoms with Crippen molar-refractivity contribution in [1.82, 2.24) is 14.9 Å².